The average Bonchev–Trinajstić information content (AvgIpc) is 3.23. The van der Waals surface area contributed by atoms with E-state index in [9.17, 15) is 8.42 Å². The highest BCUT2D eigenvalue weighted by Crippen LogP contribution is 2.39. The van der Waals surface area contributed by atoms with Crippen molar-refractivity contribution in [3.05, 3.63) is 58.7 Å². The molecule has 2 aromatic carbocycles. The molecule has 0 saturated heterocycles. The van der Waals surface area contributed by atoms with Crippen molar-refractivity contribution in [1.82, 2.24) is 9.40 Å². The summed E-state index contributed by atoms with van der Waals surface area (Å²) in [4.78, 5) is 4.47. The molecule has 0 aliphatic carbocycles. The maximum atomic E-state index is 12.6. The van der Waals surface area contributed by atoms with Crippen LogP contribution in [0.25, 0.3) is 10.9 Å². The van der Waals surface area contributed by atoms with Gasteiger partial charge in [-0.1, -0.05) is 11.6 Å². The number of aromatic nitrogens is 1. The standard InChI is InChI=1S/C22H22ClN3O5S/c1-29-15-7-5-13-9-16(22(23)24-17(13)11-15)19-12-18(25-26(19)32(4,27)28)14-6-8-20(30-2)21(10-14)31-3/h5-11,19H,12H2,1-4H3. The minimum Gasteiger partial charge on any atom is -0.497 e. The van der Waals surface area contributed by atoms with Crippen molar-refractivity contribution in [2.75, 3.05) is 27.6 Å². The van der Waals surface area contributed by atoms with Gasteiger partial charge in [0.05, 0.1) is 44.9 Å². The van der Waals surface area contributed by atoms with Gasteiger partial charge in [-0.25, -0.2) is 13.4 Å². The summed E-state index contributed by atoms with van der Waals surface area (Å²) in [6, 6.07) is 12.0. The van der Waals surface area contributed by atoms with Crippen LogP contribution in [-0.4, -0.2) is 51.1 Å². The van der Waals surface area contributed by atoms with Crippen molar-refractivity contribution >= 4 is 38.2 Å². The van der Waals surface area contributed by atoms with E-state index >= 15 is 0 Å². The Bertz CT molecular complexity index is 1330. The van der Waals surface area contributed by atoms with E-state index in [1.54, 1.807) is 39.5 Å². The van der Waals surface area contributed by atoms with Gasteiger partial charge >= 0.3 is 0 Å². The first-order valence-electron chi connectivity index (χ1n) is 9.68. The second-order valence-corrected chi connectivity index (χ2v) is 9.50. The molecule has 10 heteroatoms. The SMILES string of the molecule is COc1ccc2cc(C3CC(c4ccc(OC)c(OC)c4)=NN3S(C)(=O)=O)c(Cl)nc2c1. The maximum Gasteiger partial charge on any atom is 0.247 e. The van der Waals surface area contributed by atoms with Crippen LogP contribution in [-0.2, 0) is 10.0 Å². The molecule has 1 aliphatic rings. The highest BCUT2D eigenvalue weighted by atomic mass is 35.5. The van der Waals surface area contributed by atoms with Crippen LogP contribution in [0.5, 0.6) is 17.2 Å². The van der Waals surface area contributed by atoms with Gasteiger partial charge in [0.15, 0.2) is 11.5 Å². The largest absolute Gasteiger partial charge is 0.497 e. The highest BCUT2D eigenvalue weighted by molar-refractivity contribution is 7.88. The van der Waals surface area contributed by atoms with Crippen LogP contribution in [0.4, 0.5) is 0 Å². The van der Waals surface area contributed by atoms with E-state index in [4.69, 9.17) is 25.8 Å². The van der Waals surface area contributed by atoms with Crippen molar-refractivity contribution in [2.24, 2.45) is 5.10 Å². The summed E-state index contributed by atoms with van der Waals surface area (Å²) in [6.45, 7) is 0. The number of pyridine rings is 1. The molecule has 0 radical (unpaired) electrons. The number of methoxy groups -OCH3 is 3. The molecule has 0 spiro atoms. The van der Waals surface area contributed by atoms with Crippen LogP contribution in [0.3, 0.4) is 0 Å². The molecule has 1 unspecified atom stereocenters. The van der Waals surface area contributed by atoms with Crippen LogP contribution < -0.4 is 14.2 Å². The van der Waals surface area contributed by atoms with Gasteiger partial charge in [-0.05, 0) is 36.4 Å². The number of rotatable bonds is 6. The predicted molar refractivity (Wildman–Crippen MR) is 123 cm³/mol. The Hall–Kier alpha value is -3.04. The van der Waals surface area contributed by atoms with Crippen LogP contribution in [0.1, 0.15) is 23.6 Å². The summed E-state index contributed by atoms with van der Waals surface area (Å²) in [5, 5.41) is 5.46. The zero-order chi connectivity index (χ0) is 23.0. The molecule has 0 fully saturated rings. The van der Waals surface area contributed by atoms with E-state index in [-0.39, 0.29) is 5.15 Å². The van der Waals surface area contributed by atoms with Crippen LogP contribution in [0.2, 0.25) is 5.15 Å². The fourth-order valence-electron chi connectivity index (χ4n) is 3.72. The van der Waals surface area contributed by atoms with E-state index in [0.29, 0.717) is 40.5 Å². The first kappa shape index (κ1) is 22.2. The minimum absolute atomic E-state index is 0.216. The van der Waals surface area contributed by atoms with Crippen molar-refractivity contribution < 1.29 is 22.6 Å². The Balaban J connectivity index is 1.78. The third-order valence-corrected chi connectivity index (χ3v) is 6.61. The fraction of sp³-hybridized carbons (Fsp3) is 0.273. The first-order chi connectivity index (χ1) is 15.2. The number of ether oxygens (including phenoxy) is 3. The molecule has 1 aliphatic heterocycles. The molecule has 0 bridgehead atoms. The number of benzene rings is 2. The quantitative estimate of drug-likeness (QED) is 0.500. The van der Waals surface area contributed by atoms with E-state index in [2.05, 4.69) is 10.1 Å². The fourth-order valence-corrected chi connectivity index (χ4v) is 4.89. The number of fused-ring (bicyclic) bond motifs is 1. The topological polar surface area (TPSA) is 90.3 Å². The molecule has 1 atom stereocenters. The summed E-state index contributed by atoms with van der Waals surface area (Å²) >= 11 is 6.51. The van der Waals surface area contributed by atoms with Crippen LogP contribution in [0, 0.1) is 0 Å². The zero-order valence-corrected chi connectivity index (χ0v) is 19.6. The maximum absolute atomic E-state index is 12.6. The molecule has 32 heavy (non-hydrogen) atoms. The molecule has 0 N–H and O–H groups in total. The molecule has 168 valence electrons. The van der Waals surface area contributed by atoms with Gasteiger partial charge < -0.3 is 14.2 Å². The molecule has 0 amide bonds. The van der Waals surface area contributed by atoms with Crippen LogP contribution >= 0.6 is 11.6 Å². The van der Waals surface area contributed by atoms with Gasteiger partial charge in [0.2, 0.25) is 10.0 Å². The Morgan fingerprint density at radius 3 is 2.41 bits per heavy atom. The second kappa shape index (κ2) is 8.48. The smallest absolute Gasteiger partial charge is 0.247 e. The number of hydrazone groups is 1. The Kier molecular flexibility index (Phi) is 5.87. The van der Waals surface area contributed by atoms with Gasteiger partial charge in [0.1, 0.15) is 10.9 Å². The van der Waals surface area contributed by atoms with Gasteiger partial charge in [-0.2, -0.15) is 9.52 Å². The summed E-state index contributed by atoms with van der Waals surface area (Å²) in [5.74, 6) is 1.76. The number of nitrogens with zero attached hydrogens (tertiary/aromatic N) is 3. The van der Waals surface area contributed by atoms with Gasteiger partial charge in [-0.15, -0.1) is 0 Å². The normalized spacial score (nSPS) is 16.2. The summed E-state index contributed by atoms with van der Waals surface area (Å²) in [6.07, 6.45) is 1.44. The van der Waals surface area contributed by atoms with Crippen molar-refractivity contribution in [3.8, 4) is 17.2 Å². The highest BCUT2D eigenvalue weighted by Gasteiger charge is 2.36. The molecule has 3 aromatic rings. The first-order valence-corrected chi connectivity index (χ1v) is 11.9. The van der Waals surface area contributed by atoms with Crippen molar-refractivity contribution in [1.29, 1.82) is 0 Å². The predicted octanol–water partition coefficient (Wildman–Crippen LogP) is 4.02. The molecule has 2 heterocycles. The number of hydrogen-bond donors (Lipinski definition) is 0. The number of hydrogen-bond acceptors (Lipinski definition) is 7. The zero-order valence-electron chi connectivity index (χ0n) is 18.0. The third-order valence-electron chi connectivity index (χ3n) is 5.29. The molecule has 8 nitrogen and oxygen atoms in total. The van der Waals surface area contributed by atoms with E-state index in [1.165, 1.54) is 0 Å². The molecule has 4 rings (SSSR count). The Morgan fingerprint density at radius 1 is 1.00 bits per heavy atom. The molecule has 0 saturated carbocycles. The Morgan fingerprint density at radius 2 is 1.75 bits per heavy atom. The lowest BCUT2D eigenvalue weighted by Gasteiger charge is -2.22. The summed E-state index contributed by atoms with van der Waals surface area (Å²) in [5.41, 5.74) is 2.55. The van der Waals surface area contributed by atoms with Gasteiger partial charge in [-0.3, -0.25) is 0 Å². The summed E-state index contributed by atoms with van der Waals surface area (Å²) in [7, 11) is 1.00. The van der Waals surface area contributed by atoms with E-state index in [0.717, 1.165) is 21.6 Å². The minimum atomic E-state index is -3.67. The third kappa shape index (κ3) is 4.05. The van der Waals surface area contributed by atoms with Crippen LogP contribution in [0.15, 0.2) is 47.6 Å². The lowest BCUT2D eigenvalue weighted by atomic mass is 9.99. The number of sulfonamides is 1. The lowest BCUT2D eigenvalue weighted by molar-refractivity contribution is 0.355. The second-order valence-electron chi connectivity index (χ2n) is 7.30. The monoisotopic (exact) mass is 475 g/mol. The average molecular weight is 476 g/mol. The Labute approximate surface area is 191 Å². The molecular formula is C22H22ClN3O5S. The van der Waals surface area contributed by atoms with Gasteiger partial charge in [0.25, 0.3) is 0 Å². The van der Waals surface area contributed by atoms with E-state index < -0.39 is 16.1 Å². The molecule has 1 aromatic heterocycles. The van der Waals surface area contributed by atoms with Gasteiger partial charge in [0, 0.05) is 29.0 Å². The number of halogens is 1. The van der Waals surface area contributed by atoms with E-state index in [1.807, 2.05) is 24.3 Å². The van der Waals surface area contributed by atoms with Crippen molar-refractivity contribution in [3.63, 3.8) is 0 Å². The summed E-state index contributed by atoms with van der Waals surface area (Å²) < 4.78 is 42.1. The molecular weight excluding hydrogens is 454 g/mol. The lowest BCUT2D eigenvalue weighted by Crippen LogP contribution is -2.26. The van der Waals surface area contributed by atoms with Crippen molar-refractivity contribution in [2.45, 2.75) is 12.5 Å².